The van der Waals surface area contributed by atoms with Gasteiger partial charge in [-0.15, -0.1) is 4.91 Å². The van der Waals surface area contributed by atoms with Crippen molar-refractivity contribution in [3.63, 3.8) is 0 Å². The first-order valence-corrected chi connectivity index (χ1v) is 10.2. The summed E-state index contributed by atoms with van der Waals surface area (Å²) in [5.74, 6) is 2.12. The van der Waals surface area contributed by atoms with E-state index in [9.17, 15) is 9.12 Å². The number of piperidine rings is 1. The highest BCUT2D eigenvalue weighted by atomic mass is 32.2. The molecule has 0 bridgehead atoms. The first kappa shape index (κ1) is 20.4. The number of nitrogens with two attached hydrogens (primary N) is 1. The van der Waals surface area contributed by atoms with E-state index in [1.807, 2.05) is 13.8 Å². The molecule has 0 aromatic heterocycles. The van der Waals surface area contributed by atoms with Gasteiger partial charge in [-0.05, 0) is 53.3 Å². The smallest absolute Gasteiger partial charge is 0.122 e. The van der Waals surface area contributed by atoms with Crippen molar-refractivity contribution in [2.75, 3.05) is 13.1 Å². The molecule has 5 nitrogen and oxygen atoms in total. The summed E-state index contributed by atoms with van der Waals surface area (Å²) in [6, 6.07) is 16.7. The van der Waals surface area contributed by atoms with Crippen LogP contribution in [0.4, 0.5) is 5.69 Å². The summed E-state index contributed by atoms with van der Waals surface area (Å²) < 4.78 is 10.6. The second-order valence-corrected chi connectivity index (χ2v) is 7.38. The van der Waals surface area contributed by atoms with Gasteiger partial charge in [-0.3, -0.25) is 4.90 Å². The van der Waals surface area contributed by atoms with Crippen LogP contribution in [-0.2, 0) is 17.5 Å². The third kappa shape index (κ3) is 6.12. The fourth-order valence-electron chi connectivity index (χ4n) is 3.11. The van der Waals surface area contributed by atoms with E-state index in [0.29, 0.717) is 10.6 Å². The van der Waals surface area contributed by atoms with E-state index in [1.54, 1.807) is 0 Å². The summed E-state index contributed by atoms with van der Waals surface area (Å²) >= 11 is 0. The van der Waals surface area contributed by atoms with Gasteiger partial charge in [0.1, 0.15) is 16.7 Å². The fraction of sp³-hybridized carbons (Fsp3) is 0.400. The van der Waals surface area contributed by atoms with E-state index in [1.165, 1.54) is 49.3 Å². The number of hydrogen-bond donors (Lipinski definition) is 1. The third-order valence-corrected chi connectivity index (χ3v) is 5.21. The molecule has 3 atom stereocenters. The predicted molar refractivity (Wildman–Crippen MR) is 107 cm³/mol. The Morgan fingerprint density at radius 3 is 2.12 bits per heavy atom. The van der Waals surface area contributed by atoms with Crippen LogP contribution in [0.5, 0.6) is 0 Å². The molecule has 1 heterocycles. The summed E-state index contributed by atoms with van der Waals surface area (Å²) in [7, 11) is -1.48. The van der Waals surface area contributed by atoms with Gasteiger partial charge in [0.25, 0.3) is 0 Å². The zero-order chi connectivity index (χ0) is 18.9. The van der Waals surface area contributed by atoms with Gasteiger partial charge < -0.3 is 0 Å². The molecule has 140 valence electrons. The second kappa shape index (κ2) is 10.3. The Morgan fingerprint density at radius 2 is 1.62 bits per heavy atom. The second-order valence-electron chi connectivity index (χ2n) is 6.32. The third-order valence-electron chi connectivity index (χ3n) is 4.48. The van der Waals surface area contributed by atoms with Gasteiger partial charge >= 0.3 is 0 Å². The zero-order valence-corrected chi connectivity index (χ0v) is 16.2. The van der Waals surface area contributed by atoms with Crippen LogP contribution in [-0.4, -0.2) is 22.2 Å². The lowest BCUT2D eigenvalue weighted by atomic mass is 10.2. The van der Waals surface area contributed by atoms with E-state index < -0.39 is 11.0 Å². The molecule has 1 saturated heterocycles. The fourth-order valence-corrected chi connectivity index (χ4v) is 3.51. The van der Waals surface area contributed by atoms with Crippen LogP contribution in [0, 0.1) is 16.7 Å². The van der Waals surface area contributed by atoms with Gasteiger partial charge in [-0.2, -0.15) is 0 Å². The lowest BCUT2D eigenvalue weighted by Crippen LogP contribution is -2.21. The number of nitroso groups, excluding NO2 is 1. The summed E-state index contributed by atoms with van der Waals surface area (Å²) in [5.41, 5.74) is 1.77. The average Bonchev–Trinajstić information content (AvgIpc) is 3.31. The van der Waals surface area contributed by atoms with Crippen LogP contribution < -0.4 is 5.14 Å². The Bertz CT molecular complexity index is 697. The highest BCUT2D eigenvalue weighted by Gasteiger charge is 2.44. The van der Waals surface area contributed by atoms with Crippen LogP contribution in [0.3, 0.4) is 0 Å². The minimum atomic E-state index is -1.48. The molecule has 0 radical (unpaired) electrons. The lowest BCUT2D eigenvalue weighted by Gasteiger charge is -2.16. The summed E-state index contributed by atoms with van der Waals surface area (Å²) in [5, 5.41) is 7.75. The number of likely N-dealkylation sites (tertiary alicyclic amines) is 1. The topological polar surface area (TPSA) is 75.8 Å². The molecule has 2 fully saturated rings. The van der Waals surface area contributed by atoms with E-state index >= 15 is 0 Å². The number of rotatable bonds is 4. The molecule has 2 aliphatic rings. The molecule has 2 aromatic carbocycles. The van der Waals surface area contributed by atoms with Crippen molar-refractivity contribution in [2.45, 2.75) is 31.7 Å². The minimum absolute atomic E-state index is 0.305. The number of nitrogens with zero attached hydrogens (tertiary/aromatic N) is 2. The Morgan fingerprint density at radius 1 is 1.04 bits per heavy atom. The SMILES string of the molecule is CC.NS(=O)c1ccc(N=O)cc1.c1ccc(CN2CC3CC3C2)cc1. The molecule has 1 aliphatic carbocycles. The maximum absolute atomic E-state index is 10.6. The molecular formula is C20H27N3O2S. The van der Waals surface area contributed by atoms with Crippen LogP contribution in [0.25, 0.3) is 0 Å². The van der Waals surface area contributed by atoms with Gasteiger partial charge in [0.05, 0.1) is 4.90 Å². The molecule has 2 aromatic rings. The first-order valence-electron chi connectivity index (χ1n) is 9.01. The molecule has 4 rings (SSSR count). The highest BCUT2D eigenvalue weighted by molar-refractivity contribution is 7.82. The van der Waals surface area contributed by atoms with Gasteiger partial charge in [0.2, 0.25) is 0 Å². The van der Waals surface area contributed by atoms with E-state index in [2.05, 4.69) is 40.4 Å². The van der Waals surface area contributed by atoms with Crippen LogP contribution in [0.2, 0.25) is 0 Å². The van der Waals surface area contributed by atoms with Crippen LogP contribution in [0.15, 0.2) is 64.7 Å². The largest absolute Gasteiger partial charge is 0.299 e. The Labute approximate surface area is 158 Å². The van der Waals surface area contributed by atoms with Crippen molar-refractivity contribution >= 4 is 16.7 Å². The summed E-state index contributed by atoms with van der Waals surface area (Å²) in [4.78, 5) is 13.0. The standard InChI is InChI=1S/C12H15N.C6H6N2O2S.C2H6/c1-2-4-10(5-3-1)7-13-8-11-6-12(11)9-13;7-11(10)6-3-1-5(8-9)2-4-6;1-2/h1-5,11-12H,6-9H2;1-4H,7H2;1-2H3. The molecule has 3 unspecified atom stereocenters. The van der Waals surface area contributed by atoms with Gasteiger partial charge in [-0.1, -0.05) is 44.2 Å². The van der Waals surface area contributed by atoms with Crippen molar-refractivity contribution in [1.82, 2.24) is 4.90 Å². The molecule has 0 amide bonds. The Kier molecular flexibility index (Phi) is 8.09. The van der Waals surface area contributed by atoms with Crippen molar-refractivity contribution < 1.29 is 4.21 Å². The number of benzene rings is 2. The summed E-state index contributed by atoms with van der Waals surface area (Å²) in [6.45, 7) is 7.85. The maximum atomic E-state index is 10.6. The van der Waals surface area contributed by atoms with Gasteiger partial charge in [0, 0.05) is 19.6 Å². The highest BCUT2D eigenvalue weighted by Crippen LogP contribution is 2.45. The quantitative estimate of drug-likeness (QED) is 0.815. The zero-order valence-electron chi connectivity index (χ0n) is 15.4. The van der Waals surface area contributed by atoms with Gasteiger partial charge in [0.15, 0.2) is 0 Å². The maximum Gasteiger partial charge on any atom is 0.122 e. The average molecular weight is 374 g/mol. The first-order chi connectivity index (χ1) is 12.7. The van der Waals surface area contributed by atoms with Crippen molar-refractivity contribution in [3.05, 3.63) is 65.1 Å². The van der Waals surface area contributed by atoms with Crippen molar-refractivity contribution in [2.24, 2.45) is 22.2 Å². The summed E-state index contributed by atoms with van der Waals surface area (Å²) in [6.07, 6.45) is 1.51. The molecule has 2 N–H and O–H groups in total. The monoisotopic (exact) mass is 373 g/mol. The molecule has 6 heteroatoms. The molecule has 1 aliphatic heterocycles. The number of hydrogen-bond acceptors (Lipinski definition) is 4. The predicted octanol–water partition coefficient (Wildman–Crippen LogP) is 4.23. The normalized spacial score (nSPS) is 21.3. The minimum Gasteiger partial charge on any atom is -0.299 e. The molecule has 0 spiro atoms. The van der Waals surface area contributed by atoms with E-state index in [0.717, 1.165) is 18.4 Å². The molecule has 26 heavy (non-hydrogen) atoms. The lowest BCUT2D eigenvalue weighted by molar-refractivity contribution is 0.297. The number of fused-ring (bicyclic) bond motifs is 1. The van der Waals surface area contributed by atoms with Crippen LogP contribution >= 0.6 is 0 Å². The molecular weight excluding hydrogens is 346 g/mol. The Balaban J connectivity index is 0.000000174. The van der Waals surface area contributed by atoms with Crippen LogP contribution in [0.1, 0.15) is 25.8 Å². The Hall–Kier alpha value is -1.89. The van der Waals surface area contributed by atoms with Gasteiger partial charge in [-0.25, -0.2) is 9.35 Å². The van der Waals surface area contributed by atoms with E-state index in [4.69, 9.17) is 5.14 Å². The van der Waals surface area contributed by atoms with Crippen molar-refractivity contribution in [1.29, 1.82) is 0 Å². The van der Waals surface area contributed by atoms with Crippen molar-refractivity contribution in [3.8, 4) is 0 Å². The molecule has 1 saturated carbocycles. The van der Waals surface area contributed by atoms with E-state index in [-0.39, 0.29) is 0 Å².